The summed E-state index contributed by atoms with van der Waals surface area (Å²) in [5.74, 6) is 0. The minimum absolute atomic E-state index is 0.257. The molecule has 0 aliphatic carbocycles. The lowest BCUT2D eigenvalue weighted by Crippen LogP contribution is -2.48. The predicted octanol–water partition coefficient (Wildman–Crippen LogP) is 3.07. The molecule has 0 saturated heterocycles. The molecule has 0 aliphatic heterocycles. The fraction of sp³-hybridized carbons (Fsp3) is 0.500. The van der Waals surface area contributed by atoms with E-state index in [9.17, 15) is 9.90 Å². The molecule has 0 spiro atoms. The van der Waals surface area contributed by atoms with Gasteiger partial charge in [0.15, 0.2) is 0 Å². The van der Waals surface area contributed by atoms with Crippen LogP contribution in [0.15, 0.2) is 24.3 Å². The number of halogens is 1. The molecule has 1 aromatic rings. The van der Waals surface area contributed by atoms with Gasteiger partial charge in [-0.1, -0.05) is 23.7 Å². The zero-order valence-electron chi connectivity index (χ0n) is 11.7. The Balaban J connectivity index is 2.90. The lowest BCUT2D eigenvalue weighted by molar-refractivity contribution is 0.0411. The van der Waals surface area contributed by atoms with Gasteiger partial charge in [0.2, 0.25) is 0 Å². The highest BCUT2D eigenvalue weighted by Crippen LogP contribution is 2.23. The van der Waals surface area contributed by atoms with E-state index >= 15 is 0 Å². The number of ether oxygens (including phenoxy) is 1. The lowest BCUT2D eigenvalue weighted by atomic mass is 9.93. The molecule has 0 radical (unpaired) electrons. The van der Waals surface area contributed by atoms with E-state index in [1.807, 2.05) is 0 Å². The Hall–Kier alpha value is -1.26. The zero-order chi connectivity index (χ0) is 14.7. The van der Waals surface area contributed by atoms with Crippen LogP contribution in [0.3, 0.4) is 0 Å². The van der Waals surface area contributed by atoms with Crippen molar-refractivity contribution in [3.8, 4) is 0 Å². The van der Waals surface area contributed by atoms with E-state index in [-0.39, 0.29) is 6.61 Å². The maximum atomic E-state index is 11.8. The molecule has 2 N–H and O–H groups in total. The predicted molar refractivity (Wildman–Crippen MR) is 75.3 cm³/mol. The highest BCUT2D eigenvalue weighted by molar-refractivity contribution is 6.30. The number of benzene rings is 1. The van der Waals surface area contributed by atoms with Crippen LogP contribution in [0, 0.1) is 0 Å². The summed E-state index contributed by atoms with van der Waals surface area (Å²) in [6, 6.07) is 6.99. The Morgan fingerprint density at radius 1 is 1.37 bits per heavy atom. The monoisotopic (exact) mass is 285 g/mol. The SMILES string of the molecule is CC(C)(C)OC(=O)N[C@@](C)(CO)c1cccc(Cl)c1. The van der Waals surface area contributed by atoms with E-state index in [1.54, 1.807) is 52.0 Å². The zero-order valence-corrected chi connectivity index (χ0v) is 12.4. The Morgan fingerprint density at radius 2 is 2.00 bits per heavy atom. The van der Waals surface area contributed by atoms with E-state index in [1.165, 1.54) is 0 Å². The van der Waals surface area contributed by atoms with Crippen LogP contribution in [0.25, 0.3) is 0 Å². The molecule has 0 unspecified atom stereocenters. The molecule has 106 valence electrons. The van der Waals surface area contributed by atoms with Crippen LogP contribution in [0.1, 0.15) is 33.3 Å². The molecule has 1 rings (SSSR count). The van der Waals surface area contributed by atoms with E-state index in [0.29, 0.717) is 10.6 Å². The number of carbonyl (C=O) groups is 1. The first-order valence-electron chi connectivity index (χ1n) is 6.04. The summed E-state index contributed by atoms with van der Waals surface area (Å²) < 4.78 is 5.19. The number of aliphatic hydroxyl groups is 1. The van der Waals surface area contributed by atoms with Crippen molar-refractivity contribution >= 4 is 17.7 Å². The fourth-order valence-corrected chi connectivity index (χ4v) is 1.75. The second-order valence-electron chi connectivity index (χ2n) is 5.63. The number of alkyl carbamates (subject to hydrolysis) is 1. The smallest absolute Gasteiger partial charge is 0.408 e. The topological polar surface area (TPSA) is 58.6 Å². The third-order valence-electron chi connectivity index (χ3n) is 2.55. The minimum atomic E-state index is -0.937. The van der Waals surface area contributed by atoms with Gasteiger partial charge in [-0.2, -0.15) is 0 Å². The third kappa shape index (κ3) is 4.73. The van der Waals surface area contributed by atoms with Crippen LogP contribution in [0.5, 0.6) is 0 Å². The molecule has 1 aromatic carbocycles. The van der Waals surface area contributed by atoms with Gasteiger partial charge in [-0.3, -0.25) is 0 Å². The third-order valence-corrected chi connectivity index (χ3v) is 2.79. The molecule has 1 amide bonds. The second kappa shape index (κ2) is 5.80. The summed E-state index contributed by atoms with van der Waals surface area (Å²) in [4.78, 5) is 11.8. The molecule has 5 heteroatoms. The van der Waals surface area contributed by atoms with Crippen molar-refractivity contribution in [3.05, 3.63) is 34.9 Å². The number of rotatable bonds is 3. The fourth-order valence-electron chi connectivity index (χ4n) is 1.56. The molecule has 0 heterocycles. The molecule has 1 atom stereocenters. The summed E-state index contributed by atoms with van der Waals surface area (Å²) >= 11 is 5.93. The summed E-state index contributed by atoms with van der Waals surface area (Å²) in [5, 5.41) is 12.8. The van der Waals surface area contributed by atoms with Crippen LogP contribution >= 0.6 is 11.6 Å². The molecule has 0 aliphatic rings. The van der Waals surface area contributed by atoms with E-state index in [2.05, 4.69) is 5.32 Å². The van der Waals surface area contributed by atoms with E-state index in [0.717, 1.165) is 0 Å². The average molecular weight is 286 g/mol. The van der Waals surface area contributed by atoms with E-state index < -0.39 is 17.2 Å². The molecule has 4 nitrogen and oxygen atoms in total. The second-order valence-corrected chi connectivity index (χ2v) is 6.06. The average Bonchev–Trinajstić information content (AvgIpc) is 2.26. The first-order chi connectivity index (χ1) is 8.66. The number of aliphatic hydroxyl groups excluding tert-OH is 1. The number of hydrogen-bond acceptors (Lipinski definition) is 3. The maximum absolute atomic E-state index is 11.8. The van der Waals surface area contributed by atoms with Crippen LogP contribution in [-0.4, -0.2) is 23.4 Å². The molecule has 0 saturated carbocycles. The van der Waals surface area contributed by atoms with Gasteiger partial charge in [0.05, 0.1) is 12.1 Å². The van der Waals surface area contributed by atoms with Crippen molar-refractivity contribution in [2.75, 3.05) is 6.61 Å². The Morgan fingerprint density at radius 3 is 2.47 bits per heavy atom. The highest BCUT2D eigenvalue weighted by atomic mass is 35.5. The van der Waals surface area contributed by atoms with Crippen LogP contribution in [0.4, 0.5) is 4.79 Å². The van der Waals surface area contributed by atoms with Crippen LogP contribution in [-0.2, 0) is 10.3 Å². The van der Waals surface area contributed by atoms with Gasteiger partial charge in [-0.05, 0) is 45.4 Å². The Labute approximate surface area is 118 Å². The van der Waals surface area contributed by atoms with Gasteiger partial charge in [-0.25, -0.2) is 4.79 Å². The number of carbonyl (C=O) groups excluding carboxylic acids is 1. The summed E-state index contributed by atoms with van der Waals surface area (Å²) in [7, 11) is 0. The van der Waals surface area contributed by atoms with Crippen molar-refractivity contribution in [2.45, 2.75) is 38.8 Å². The number of hydrogen-bond donors (Lipinski definition) is 2. The molecule has 0 aromatic heterocycles. The van der Waals surface area contributed by atoms with Crippen molar-refractivity contribution in [3.63, 3.8) is 0 Å². The van der Waals surface area contributed by atoms with Gasteiger partial charge >= 0.3 is 6.09 Å². The van der Waals surface area contributed by atoms with Crippen molar-refractivity contribution in [1.29, 1.82) is 0 Å². The van der Waals surface area contributed by atoms with Crippen LogP contribution in [0.2, 0.25) is 5.02 Å². The van der Waals surface area contributed by atoms with Crippen molar-refractivity contribution in [2.24, 2.45) is 0 Å². The summed E-state index contributed by atoms with van der Waals surface area (Å²) in [5.41, 5.74) is -0.810. The van der Waals surface area contributed by atoms with Gasteiger partial charge in [0.25, 0.3) is 0 Å². The van der Waals surface area contributed by atoms with Gasteiger partial charge in [0, 0.05) is 5.02 Å². The summed E-state index contributed by atoms with van der Waals surface area (Å²) in [6.07, 6.45) is -0.580. The Bertz CT molecular complexity index is 456. The number of nitrogens with one attached hydrogen (secondary N) is 1. The van der Waals surface area contributed by atoms with Crippen molar-refractivity contribution in [1.82, 2.24) is 5.32 Å². The minimum Gasteiger partial charge on any atom is -0.444 e. The standard InChI is InChI=1S/C14H20ClNO3/c1-13(2,3)19-12(18)16-14(4,9-17)10-6-5-7-11(15)8-10/h5-8,17H,9H2,1-4H3,(H,16,18)/t14-/m0/s1. The normalized spacial score (nSPS) is 14.6. The molecule has 0 bridgehead atoms. The van der Waals surface area contributed by atoms with E-state index in [4.69, 9.17) is 16.3 Å². The maximum Gasteiger partial charge on any atom is 0.408 e. The first-order valence-corrected chi connectivity index (χ1v) is 6.42. The Kier molecular flexibility index (Phi) is 4.82. The first kappa shape index (κ1) is 15.8. The van der Waals surface area contributed by atoms with Crippen molar-refractivity contribution < 1.29 is 14.6 Å². The lowest BCUT2D eigenvalue weighted by Gasteiger charge is -2.31. The summed E-state index contributed by atoms with van der Waals surface area (Å²) in [6.45, 7) is 6.79. The molecular formula is C14H20ClNO3. The molecule has 19 heavy (non-hydrogen) atoms. The highest BCUT2D eigenvalue weighted by Gasteiger charge is 2.30. The van der Waals surface area contributed by atoms with Gasteiger partial charge in [0.1, 0.15) is 5.60 Å². The quantitative estimate of drug-likeness (QED) is 0.897. The van der Waals surface area contributed by atoms with Gasteiger partial charge < -0.3 is 15.2 Å². The van der Waals surface area contributed by atoms with Crippen LogP contribution < -0.4 is 5.32 Å². The number of amides is 1. The van der Waals surface area contributed by atoms with Gasteiger partial charge in [-0.15, -0.1) is 0 Å². The molecular weight excluding hydrogens is 266 g/mol. The largest absolute Gasteiger partial charge is 0.444 e. The molecule has 0 fully saturated rings.